The smallest absolute Gasteiger partial charge is 0.291 e. The highest BCUT2D eigenvalue weighted by Gasteiger charge is 2.23. The molecule has 39 heavy (non-hydrogen) atoms. The third-order valence-electron chi connectivity index (χ3n) is 5.90. The molecule has 3 aromatic rings. The number of methoxy groups -OCH3 is 2. The highest BCUT2D eigenvalue weighted by Crippen LogP contribution is 2.33. The van der Waals surface area contributed by atoms with Crippen LogP contribution >= 0.6 is 0 Å². The van der Waals surface area contributed by atoms with E-state index in [4.69, 9.17) is 23.4 Å². The van der Waals surface area contributed by atoms with Crippen molar-refractivity contribution in [1.82, 2.24) is 24.8 Å². The van der Waals surface area contributed by atoms with E-state index in [2.05, 4.69) is 55.1 Å². The summed E-state index contributed by atoms with van der Waals surface area (Å²) < 4.78 is 27.5. The van der Waals surface area contributed by atoms with E-state index >= 15 is 0 Å². The molecule has 0 aromatic carbocycles. The van der Waals surface area contributed by atoms with E-state index in [0.717, 1.165) is 44.6 Å². The third kappa shape index (κ3) is 7.65. The van der Waals surface area contributed by atoms with Crippen LogP contribution in [0, 0.1) is 0 Å². The zero-order chi connectivity index (χ0) is 27.8. The van der Waals surface area contributed by atoms with Crippen molar-refractivity contribution in [3.63, 3.8) is 0 Å². The van der Waals surface area contributed by atoms with Gasteiger partial charge in [0.25, 0.3) is 11.9 Å². The quantitative estimate of drug-likeness (QED) is 0.249. The van der Waals surface area contributed by atoms with Crippen LogP contribution in [0.15, 0.2) is 28.9 Å². The molecule has 0 radical (unpaired) electrons. The standard InChI is InChI=1S/C25H35N7O6Si/c1-34-23-21(24(35-2)31-25(30-23)27-9-6-10-32-11-13-36-14-12-32)29-22(33)17-7-8-20(37-17)38-18-15-26-16-19(28-18)39(3,4)5/h7-8,15-16H,6,9-14H2,1-5H3,(H,29,33)(H,27,30,31). The van der Waals surface area contributed by atoms with Crippen LogP contribution in [0.1, 0.15) is 17.0 Å². The molecule has 210 valence electrons. The summed E-state index contributed by atoms with van der Waals surface area (Å²) in [7, 11) is 1.23. The van der Waals surface area contributed by atoms with Gasteiger partial charge in [0, 0.05) is 37.2 Å². The fourth-order valence-electron chi connectivity index (χ4n) is 3.76. The minimum absolute atomic E-state index is 0.00808. The first-order valence-electron chi connectivity index (χ1n) is 12.7. The molecule has 14 heteroatoms. The van der Waals surface area contributed by atoms with Crippen molar-refractivity contribution < 1.29 is 28.2 Å². The molecule has 0 unspecified atom stereocenters. The Hall–Kier alpha value is -3.75. The maximum atomic E-state index is 13.0. The van der Waals surface area contributed by atoms with Crippen LogP contribution in [0.3, 0.4) is 0 Å². The van der Waals surface area contributed by atoms with Crippen LogP contribution in [0.5, 0.6) is 23.6 Å². The number of furan rings is 1. The molecule has 2 N–H and O–H groups in total. The van der Waals surface area contributed by atoms with E-state index in [-0.39, 0.29) is 29.2 Å². The average molecular weight is 558 g/mol. The van der Waals surface area contributed by atoms with E-state index in [0.29, 0.717) is 18.4 Å². The highest BCUT2D eigenvalue weighted by atomic mass is 28.3. The van der Waals surface area contributed by atoms with Gasteiger partial charge in [-0.3, -0.25) is 14.7 Å². The number of rotatable bonds is 12. The molecule has 1 amide bonds. The van der Waals surface area contributed by atoms with E-state index in [1.807, 2.05) is 0 Å². The maximum absolute atomic E-state index is 13.0. The minimum Gasteiger partial charge on any atom is -0.479 e. The number of hydrogen-bond acceptors (Lipinski definition) is 12. The van der Waals surface area contributed by atoms with Crippen molar-refractivity contribution in [2.45, 2.75) is 26.1 Å². The van der Waals surface area contributed by atoms with Gasteiger partial charge in [-0.2, -0.15) is 9.97 Å². The Morgan fingerprint density at radius 1 is 1.05 bits per heavy atom. The second-order valence-corrected chi connectivity index (χ2v) is 14.9. The van der Waals surface area contributed by atoms with Crippen LogP contribution in [0.25, 0.3) is 0 Å². The second kappa shape index (κ2) is 12.9. The summed E-state index contributed by atoms with van der Waals surface area (Å²) >= 11 is 0. The maximum Gasteiger partial charge on any atom is 0.291 e. The Balaban J connectivity index is 1.39. The molecule has 0 saturated carbocycles. The Morgan fingerprint density at radius 2 is 1.77 bits per heavy atom. The molecule has 0 spiro atoms. The number of carbonyl (C=O) groups excluding carboxylic acids is 1. The number of nitrogens with zero attached hydrogens (tertiary/aromatic N) is 5. The van der Waals surface area contributed by atoms with Crippen molar-refractivity contribution in [3.8, 4) is 23.6 Å². The Bertz CT molecular complexity index is 1230. The molecule has 0 atom stereocenters. The first-order chi connectivity index (χ1) is 18.8. The van der Waals surface area contributed by atoms with Gasteiger partial charge in [-0.15, -0.1) is 0 Å². The van der Waals surface area contributed by atoms with Crippen LogP contribution in [0.4, 0.5) is 11.6 Å². The molecular weight excluding hydrogens is 522 g/mol. The fourth-order valence-corrected chi connectivity index (χ4v) is 4.67. The molecule has 1 saturated heterocycles. The zero-order valence-corrected chi connectivity index (χ0v) is 23.9. The summed E-state index contributed by atoms with van der Waals surface area (Å²) in [5.41, 5.74) is 0.177. The Kier molecular flexibility index (Phi) is 9.32. The number of aromatic nitrogens is 4. The summed E-state index contributed by atoms with van der Waals surface area (Å²) in [4.78, 5) is 32.8. The van der Waals surface area contributed by atoms with Crippen LogP contribution < -0.4 is 30.2 Å². The number of carbonyl (C=O) groups is 1. The topological polar surface area (TPSA) is 146 Å². The molecule has 3 aromatic heterocycles. The number of amides is 1. The van der Waals surface area contributed by atoms with Crippen molar-refractivity contribution in [1.29, 1.82) is 0 Å². The fraction of sp³-hybridized carbons (Fsp3) is 0.480. The summed E-state index contributed by atoms with van der Waals surface area (Å²) in [5.74, 6) is 0.473. The van der Waals surface area contributed by atoms with Crippen LogP contribution in [-0.4, -0.2) is 92.4 Å². The average Bonchev–Trinajstić information content (AvgIpc) is 3.40. The lowest BCUT2D eigenvalue weighted by Crippen LogP contribution is -2.40. The van der Waals surface area contributed by atoms with E-state index in [1.165, 1.54) is 32.5 Å². The first-order valence-corrected chi connectivity index (χ1v) is 16.2. The van der Waals surface area contributed by atoms with Gasteiger partial charge >= 0.3 is 0 Å². The zero-order valence-electron chi connectivity index (χ0n) is 22.9. The SMILES string of the molecule is COc1nc(NCCCN2CCOCC2)nc(OC)c1NC(=O)c1ccc(Oc2cncc([Si](C)(C)C)n2)o1. The molecule has 1 fully saturated rings. The Morgan fingerprint density at radius 3 is 2.44 bits per heavy atom. The van der Waals surface area contributed by atoms with E-state index < -0.39 is 14.0 Å². The van der Waals surface area contributed by atoms with Crippen molar-refractivity contribution in [2.75, 3.05) is 64.2 Å². The molecular formula is C25H35N7O6Si. The molecule has 4 heterocycles. The largest absolute Gasteiger partial charge is 0.479 e. The van der Waals surface area contributed by atoms with Gasteiger partial charge in [0.2, 0.25) is 23.6 Å². The minimum atomic E-state index is -1.67. The third-order valence-corrected chi connectivity index (χ3v) is 7.67. The normalized spacial score (nSPS) is 14.1. The monoisotopic (exact) mass is 557 g/mol. The second-order valence-electron chi connectivity index (χ2n) is 9.84. The van der Waals surface area contributed by atoms with Crippen molar-refractivity contribution >= 4 is 30.9 Å². The van der Waals surface area contributed by atoms with Gasteiger partial charge in [0.05, 0.1) is 33.6 Å². The molecule has 4 rings (SSSR count). The Labute approximate surface area is 228 Å². The lowest BCUT2D eigenvalue weighted by atomic mass is 10.3. The number of ether oxygens (including phenoxy) is 4. The predicted octanol–water partition coefficient (Wildman–Crippen LogP) is 2.60. The molecule has 0 aliphatic carbocycles. The molecule has 0 bridgehead atoms. The summed E-state index contributed by atoms with van der Waals surface area (Å²) in [6.45, 7) is 11.5. The first kappa shape index (κ1) is 28.3. The van der Waals surface area contributed by atoms with Crippen molar-refractivity contribution in [2.24, 2.45) is 0 Å². The molecule has 1 aliphatic heterocycles. The lowest BCUT2D eigenvalue weighted by molar-refractivity contribution is 0.0378. The van der Waals surface area contributed by atoms with Gasteiger partial charge in [0.1, 0.15) is 8.07 Å². The number of nitrogens with one attached hydrogen (secondary N) is 2. The predicted molar refractivity (Wildman–Crippen MR) is 147 cm³/mol. The molecule has 13 nitrogen and oxygen atoms in total. The lowest BCUT2D eigenvalue weighted by Gasteiger charge is -2.26. The summed E-state index contributed by atoms with van der Waals surface area (Å²) in [5, 5.41) is 6.80. The summed E-state index contributed by atoms with van der Waals surface area (Å²) in [6, 6.07) is 3.03. The number of hydrogen-bond donors (Lipinski definition) is 2. The highest BCUT2D eigenvalue weighted by molar-refractivity contribution is 6.88. The number of anilines is 2. The van der Waals surface area contributed by atoms with Gasteiger partial charge in [0.15, 0.2) is 11.4 Å². The molecule has 1 aliphatic rings. The van der Waals surface area contributed by atoms with E-state index in [1.54, 1.807) is 6.20 Å². The number of morpholine rings is 1. The van der Waals surface area contributed by atoms with Crippen molar-refractivity contribution in [3.05, 3.63) is 30.3 Å². The van der Waals surface area contributed by atoms with Gasteiger partial charge in [-0.05, 0) is 19.0 Å². The van der Waals surface area contributed by atoms with Gasteiger partial charge in [-0.25, -0.2) is 4.98 Å². The van der Waals surface area contributed by atoms with Crippen LogP contribution in [0.2, 0.25) is 19.6 Å². The van der Waals surface area contributed by atoms with Gasteiger partial charge in [-0.1, -0.05) is 19.6 Å². The summed E-state index contributed by atoms with van der Waals surface area (Å²) in [6.07, 6.45) is 4.15. The van der Waals surface area contributed by atoms with Gasteiger partial charge < -0.3 is 34.0 Å². The van der Waals surface area contributed by atoms with E-state index in [9.17, 15) is 4.79 Å². The van der Waals surface area contributed by atoms with Crippen LogP contribution in [-0.2, 0) is 4.74 Å².